The third kappa shape index (κ3) is 7.42. The Morgan fingerprint density at radius 3 is 2.15 bits per heavy atom. The predicted molar refractivity (Wildman–Crippen MR) is 156 cm³/mol. The van der Waals surface area contributed by atoms with Crippen molar-refractivity contribution >= 4 is 33.8 Å². The van der Waals surface area contributed by atoms with Crippen LogP contribution in [0.2, 0.25) is 0 Å². The molecular weight excluding hydrogens is 526 g/mol. The quantitative estimate of drug-likeness (QED) is 0.131. The summed E-state index contributed by atoms with van der Waals surface area (Å²) in [5.41, 5.74) is 7.41. The number of anilines is 1. The first-order chi connectivity index (χ1) is 19.1. The van der Waals surface area contributed by atoms with Crippen LogP contribution in [0.25, 0.3) is 0 Å². The third-order valence-corrected chi connectivity index (χ3v) is 7.34. The largest absolute Gasteiger partial charge is 0.423 e. The molecule has 0 aliphatic rings. The van der Waals surface area contributed by atoms with Crippen LogP contribution in [0, 0.1) is 13.8 Å². The Labute approximate surface area is 234 Å². The van der Waals surface area contributed by atoms with E-state index in [-0.39, 0.29) is 6.54 Å². The number of sulfonamides is 1. The van der Waals surface area contributed by atoms with Crippen molar-refractivity contribution in [3.8, 4) is 5.75 Å². The van der Waals surface area contributed by atoms with Gasteiger partial charge < -0.3 is 4.74 Å². The number of nitrogens with zero attached hydrogens (tertiary/aromatic N) is 2. The van der Waals surface area contributed by atoms with Crippen LogP contribution < -0.4 is 14.5 Å². The van der Waals surface area contributed by atoms with Crippen molar-refractivity contribution in [3.63, 3.8) is 0 Å². The summed E-state index contributed by atoms with van der Waals surface area (Å²) in [6, 6.07) is 27.6. The summed E-state index contributed by atoms with van der Waals surface area (Å²) < 4.78 is 31.7. The number of carbonyl (C=O) groups is 2. The van der Waals surface area contributed by atoms with Gasteiger partial charge in [-0.3, -0.25) is 9.10 Å². The van der Waals surface area contributed by atoms with Crippen LogP contribution in [0.5, 0.6) is 5.75 Å². The van der Waals surface area contributed by atoms with Crippen molar-refractivity contribution in [1.29, 1.82) is 0 Å². The zero-order valence-electron chi connectivity index (χ0n) is 22.4. The monoisotopic (exact) mass is 555 g/mol. The van der Waals surface area contributed by atoms with E-state index in [2.05, 4.69) is 10.5 Å². The summed E-state index contributed by atoms with van der Waals surface area (Å²) in [5, 5.41) is 3.99. The second-order valence-electron chi connectivity index (χ2n) is 9.26. The SMILES string of the molecule is Cc1ccc(N(Cc2ccc(C(=O)N/N=C/c3ccc(OC(=O)c4ccccc4)cc3)cc2)S(C)(=O)=O)cc1C. The van der Waals surface area contributed by atoms with Crippen LogP contribution in [0.15, 0.2) is 102 Å². The van der Waals surface area contributed by atoms with E-state index in [0.717, 1.165) is 16.7 Å². The Bertz CT molecular complexity index is 1630. The zero-order valence-corrected chi connectivity index (χ0v) is 23.2. The van der Waals surface area contributed by atoms with Gasteiger partial charge in [0.1, 0.15) is 5.75 Å². The van der Waals surface area contributed by atoms with E-state index in [4.69, 9.17) is 4.74 Å². The summed E-state index contributed by atoms with van der Waals surface area (Å²) in [5.74, 6) is -0.470. The molecule has 0 fully saturated rings. The highest BCUT2D eigenvalue weighted by Gasteiger charge is 2.18. The standard InChI is InChI=1S/C31H29N3O5S/c1-22-9-16-28(19-23(22)2)34(40(3,37)38)21-25-10-14-26(15-11-25)30(35)33-32-20-24-12-17-29(18-13-24)39-31(36)27-7-5-4-6-8-27/h4-20H,21H2,1-3H3,(H,33,35)/b32-20+. The lowest BCUT2D eigenvalue weighted by Crippen LogP contribution is -2.29. The molecule has 0 saturated heterocycles. The maximum Gasteiger partial charge on any atom is 0.343 e. The summed E-state index contributed by atoms with van der Waals surface area (Å²) in [6.45, 7) is 4.05. The van der Waals surface area contributed by atoms with Crippen molar-refractivity contribution < 1.29 is 22.7 Å². The Balaban J connectivity index is 1.34. The molecule has 0 saturated carbocycles. The highest BCUT2D eigenvalue weighted by atomic mass is 32.2. The molecule has 4 rings (SSSR count). The lowest BCUT2D eigenvalue weighted by molar-refractivity contribution is 0.0734. The minimum absolute atomic E-state index is 0.137. The highest BCUT2D eigenvalue weighted by Crippen LogP contribution is 2.23. The Hall–Kier alpha value is -4.76. The second-order valence-corrected chi connectivity index (χ2v) is 11.2. The number of benzene rings is 4. The van der Waals surface area contributed by atoms with Crippen molar-refractivity contribution in [2.45, 2.75) is 20.4 Å². The van der Waals surface area contributed by atoms with Gasteiger partial charge in [-0.05, 0) is 96.8 Å². The lowest BCUT2D eigenvalue weighted by atomic mass is 10.1. The lowest BCUT2D eigenvalue weighted by Gasteiger charge is -2.23. The van der Waals surface area contributed by atoms with Gasteiger partial charge in [-0.15, -0.1) is 0 Å². The maximum absolute atomic E-state index is 12.5. The Kier molecular flexibility index (Phi) is 8.76. The number of hydrogen-bond acceptors (Lipinski definition) is 6. The number of esters is 1. The minimum atomic E-state index is -3.52. The fraction of sp³-hybridized carbons (Fsp3) is 0.129. The number of hydrogen-bond donors (Lipinski definition) is 1. The number of ether oxygens (including phenoxy) is 1. The smallest absolute Gasteiger partial charge is 0.343 e. The first-order valence-corrected chi connectivity index (χ1v) is 14.3. The van der Waals surface area contributed by atoms with E-state index >= 15 is 0 Å². The van der Waals surface area contributed by atoms with Crippen LogP contribution in [0.1, 0.15) is 43.0 Å². The molecule has 0 aliphatic carbocycles. The molecule has 4 aromatic carbocycles. The normalized spacial score (nSPS) is 11.3. The van der Waals surface area contributed by atoms with Crippen LogP contribution >= 0.6 is 0 Å². The molecule has 0 heterocycles. The van der Waals surface area contributed by atoms with Gasteiger partial charge in [-0.25, -0.2) is 18.6 Å². The van der Waals surface area contributed by atoms with Gasteiger partial charge in [0.25, 0.3) is 5.91 Å². The van der Waals surface area contributed by atoms with Crippen LogP contribution in [-0.2, 0) is 16.6 Å². The van der Waals surface area contributed by atoms with Crippen LogP contribution in [0.4, 0.5) is 5.69 Å². The molecule has 1 N–H and O–H groups in total. The fourth-order valence-electron chi connectivity index (χ4n) is 3.80. The molecule has 204 valence electrons. The number of carbonyl (C=O) groups excluding carboxylic acids is 2. The molecule has 0 aromatic heterocycles. The molecule has 0 spiro atoms. The van der Waals surface area contributed by atoms with E-state index in [0.29, 0.717) is 28.1 Å². The number of aryl methyl sites for hydroxylation is 2. The van der Waals surface area contributed by atoms with Crippen molar-refractivity contribution in [2.75, 3.05) is 10.6 Å². The molecule has 1 amide bonds. The molecule has 9 heteroatoms. The van der Waals surface area contributed by atoms with Crippen molar-refractivity contribution in [3.05, 3.63) is 130 Å². The number of nitrogens with one attached hydrogen (secondary N) is 1. The topological polar surface area (TPSA) is 105 Å². The minimum Gasteiger partial charge on any atom is -0.423 e. The molecule has 0 bridgehead atoms. The molecule has 8 nitrogen and oxygen atoms in total. The van der Waals surface area contributed by atoms with Gasteiger partial charge in [0, 0.05) is 5.56 Å². The number of hydrazone groups is 1. The Morgan fingerprint density at radius 1 is 0.850 bits per heavy atom. The van der Waals surface area contributed by atoms with E-state index in [1.807, 2.05) is 32.0 Å². The van der Waals surface area contributed by atoms with Crippen molar-refractivity contribution in [1.82, 2.24) is 5.43 Å². The Morgan fingerprint density at radius 2 is 1.52 bits per heavy atom. The van der Waals surface area contributed by atoms with Crippen molar-refractivity contribution in [2.24, 2.45) is 5.10 Å². The second kappa shape index (κ2) is 12.4. The van der Waals surface area contributed by atoms with E-state index in [1.54, 1.807) is 78.9 Å². The average molecular weight is 556 g/mol. The van der Waals surface area contributed by atoms with Crippen LogP contribution in [0.3, 0.4) is 0 Å². The van der Waals surface area contributed by atoms with Gasteiger partial charge in [0.05, 0.1) is 30.3 Å². The molecule has 0 aliphatic heterocycles. The molecular formula is C31H29N3O5S. The van der Waals surface area contributed by atoms with Gasteiger partial charge in [0.2, 0.25) is 10.0 Å². The number of amides is 1. The molecule has 0 unspecified atom stereocenters. The van der Waals surface area contributed by atoms with Crippen LogP contribution in [-0.4, -0.2) is 32.8 Å². The summed E-state index contributed by atoms with van der Waals surface area (Å²) >= 11 is 0. The molecule has 0 radical (unpaired) electrons. The van der Waals surface area contributed by atoms with Gasteiger partial charge in [0.15, 0.2) is 0 Å². The maximum atomic E-state index is 12.5. The predicted octanol–water partition coefficient (Wildman–Crippen LogP) is 5.25. The van der Waals surface area contributed by atoms with E-state index in [9.17, 15) is 18.0 Å². The van der Waals surface area contributed by atoms with Gasteiger partial charge in [-0.2, -0.15) is 5.10 Å². The molecule has 4 aromatic rings. The summed E-state index contributed by atoms with van der Waals surface area (Å²) in [7, 11) is -3.52. The van der Waals surface area contributed by atoms with Gasteiger partial charge in [-0.1, -0.05) is 36.4 Å². The van der Waals surface area contributed by atoms with E-state index in [1.165, 1.54) is 16.8 Å². The molecule has 40 heavy (non-hydrogen) atoms. The number of rotatable bonds is 9. The summed E-state index contributed by atoms with van der Waals surface area (Å²) in [4.78, 5) is 24.7. The fourth-order valence-corrected chi connectivity index (χ4v) is 4.68. The first-order valence-electron chi connectivity index (χ1n) is 12.4. The molecule has 0 atom stereocenters. The first kappa shape index (κ1) is 28.3. The average Bonchev–Trinajstić information content (AvgIpc) is 2.94. The highest BCUT2D eigenvalue weighted by molar-refractivity contribution is 7.92. The van der Waals surface area contributed by atoms with Gasteiger partial charge >= 0.3 is 5.97 Å². The van der Waals surface area contributed by atoms with E-state index < -0.39 is 21.9 Å². The zero-order chi connectivity index (χ0) is 28.7. The summed E-state index contributed by atoms with van der Waals surface area (Å²) in [6.07, 6.45) is 2.65. The third-order valence-electron chi connectivity index (χ3n) is 6.20.